The minimum atomic E-state index is -1.36. The van der Waals surface area contributed by atoms with Gasteiger partial charge in [0.2, 0.25) is 35.4 Å². The number of guanidine groups is 1. The van der Waals surface area contributed by atoms with E-state index < -0.39 is 107 Å². The summed E-state index contributed by atoms with van der Waals surface area (Å²) in [6.45, 7) is 6.99. The van der Waals surface area contributed by atoms with Crippen LogP contribution in [0, 0.1) is 11.8 Å². The second-order valence-electron chi connectivity index (χ2n) is 18.4. The zero-order chi connectivity index (χ0) is 53.9. The molecular formula is C49H69N13O11. The first kappa shape index (κ1) is 57.5. The Bertz CT molecular complexity index is 2410. The van der Waals surface area contributed by atoms with Crippen LogP contribution in [0.2, 0.25) is 0 Å². The summed E-state index contributed by atoms with van der Waals surface area (Å²) in [5, 5.41) is 33.2. The molecule has 24 heteroatoms. The highest BCUT2D eigenvalue weighted by Crippen LogP contribution is 2.22. The number of rotatable bonds is 26. The van der Waals surface area contributed by atoms with Crippen molar-refractivity contribution >= 4 is 59.2 Å². The summed E-state index contributed by atoms with van der Waals surface area (Å²) in [5.74, 6) is -9.73. The molecular weight excluding hydrogens is 947 g/mol. The molecule has 1 aliphatic rings. The number of primary amides is 1. The number of amides is 8. The number of benzene rings is 2. The van der Waals surface area contributed by atoms with Crippen LogP contribution < -0.4 is 43.8 Å². The molecule has 0 bridgehead atoms. The summed E-state index contributed by atoms with van der Waals surface area (Å²) in [6, 6.07) is 5.67. The largest absolute Gasteiger partial charge is 0.508 e. The van der Waals surface area contributed by atoms with Gasteiger partial charge < -0.3 is 68.8 Å². The average molecular weight is 1020 g/mol. The lowest BCUT2D eigenvalue weighted by atomic mass is 9.95. The molecule has 24 nitrogen and oxygen atoms in total. The number of aromatic amines is 1. The number of phenolic OH excluding ortho intramolecular Hbond substituents is 1. The number of H-pyrrole nitrogens is 1. The lowest BCUT2D eigenvalue weighted by Gasteiger charge is -2.35. The molecule has 1 saturated heterocycles. The molecule has 1 fully saturated rings. The molecule has 0 unspecified atom stereocenters. The van der Waals surface area contributed by atoms with Gasteiger partial charge in [0, 0.05) is 51.3 Å². The Hall–Kier alpha value is -8.05. The molecule has 0 spiro atoms. The third-order valence-corrected chi connectivity index (χ3v) is 12.6. The maximum absolute atomic E-state index is 14.7. The Balaban J connectivity index is 1.61. The Kier molecular flexibility index (Phi) is 21.7. The fraction of sp³-hybridized carbons (Fsp3) is 0.490. The van der Waals surface area contributed by atoms with E-state index >= 15 is 0 Å². The minimum Gasteiger partial charge on any atom is -0.508 e. The molecule has 0 radical (unpaired) electrons. The van der Waals surface area contributed by atoms with Crippen LogP contribution in [0.4, 0.5) is 0 Å². The van der Waals surface area contributed by atoms with Crippen LogP contribution >= 0.6 is 0 Å². The van der Waals surface area contributed by atoms with E-state index in [2.05, 4.69) is 41.5 Å². The number of carboxylic acids is 1. The highest BCUT2D eigenvalue weighted by atomic mass is 16.4. The summed E-state index contributed by atoms with van der Waals surface area (Å²) in [5.41, 5.74) is 17.6. The van der Waals surface area contributed by atoms with Crippen LogP contribution in [0.15, 0.2) is 72.1 Å². The molecule has 396 valence electrons. The maximum Gasteiger partial charge on any atom is 0.326 e. The highest BCUT2D eigenvalue weighted by Gasteiger charge is 2.42. The van der Waals surface area contributed by atoms with Crippen LogP contribution in [-0.2, 0) is 62.4 Å². The van der Waals surface area contributed by atoms with Gasteiger partial charge in [0.1, 0.15) is 48.0 Å². The number of nitrogens with zero attached hydrogens (tertiary/aromatic N) is 4. The zero-order valence-corrected chi connectivity index (χ0v) is 41.7. The van der Waals surface area contributed by atoms with Crippen LogP contribution in [0.5, 0.6) is 5.75 Å². The number of imidazole rings is 1. The molecule has 14 N–H and O–H groups in total. The monoisotopic (exact) mass is 1020 g/mol. The van der Waals surface area contributed by atoms with Gasteiger partial charge in [-0.2, -0.15) is 0 Å². The molecule has 4 rings (SSSR count). The first-order valence-corrected chi connectivity index (χ1v) is 24.1. The standard InChI is InChI=1S/C49H69N13O11/c1-6-28(4)39(44(68)57-34(24-31-25-53-26-55-31)46(70)62-21-11-15-36(62)42(66)58-35(48(72)73)22-29-12-8-7-9-13-29)60-43(67)37(23-30-16-18-32(63)19-17-30)61(5)47(71)38(27(2)3)59-41(65)33(56-45(69)40(50)64)14-10-20-54-49(51)52/h7-9,12-13,16-19,25-28,33-39,63H,6,10-11,14-15,20-24H2,1-5H3,(H2,50,64)(H,53,55)(H,56,69)(H,57,68)(H,58,66)(H,59,65)(H,60,67)(H,72,73)(H4,51,52,54)/t28-,33-,34-,35-,36-,37-,38-,39-/m0/s1. The summed E-state index contributed by atoms with van der Waals surface area (Å²) in [4.78, 5) is 136. The number of aromatic nitrogens is 2. The van der Waals surface area contributed by atoms with Crippen molar-refractivity contribution < 1.29 is 53.4 Å². The van der Waals surface area contributed by atoms with Crippen molar-refractivity contribution in [1.82, 2.24) is 46.4 Å². The molecule has 1 aromatic heterocycles. The van der Waals surface area contributed by atoms with Gasteiger partial charge in [0.25, 0.3) is 0 Å². The number of likely N-dealkylation sites (N-methyl/N-ethyl adjacent to an activating group) is 1. The first-order valence-electron chi connectivity index (χ1n) is 24.1. The first-order chi connectivity index (χ1) is 34.6. The number of hydrogen-bond acceptors (Lipinski definition) is 12. The second-order valence-corrected chi connectivity index (χ2v) is 18.4. The lowest BCUT2D eigenvalue weighted by Crippen LogP contribution is -2.62. The Morgan fingerprint density at radius 3 is 2.05 bits per heavy atom. The van der Waals surface area contributed by atoms with Gasteiger partial charge in [0.15, 0.2) is 5.96 Å². The van der Waals surface area contributed by atoms with Crippen molar-refractivity contribution in [2.24, 2.45) is 34.0 Å². The summed E-state index contributed by atoms with van der Waals surface area (Å²) in [6.07, 6.45) is 3.74. The third kappa shape index (κ3) is 17.1. The molecule has 73 heavy (non-hydrogen) atoms. The van der Waals surface area contributed by atoms with E-state index in [-0.39, 0.29) is 63.3 Å². The topological polar surface area (TPSA) is 380 Å². The van der Waals surface area contributed by atoms with Crippen molar-refractivity contribution in [3.63, 3.8) is 0 Å². The smallest absolute Gasteiger partial charge is 0.326 e. The normalized spacial score (nSPS) is 16.0. The van der Waals surface area contributed by atoms with Crippen LogP contribution in [-0.4, -0.2) is 152 Å². The Labute approximate surface area is 423 Å². The number of carbonyl (C=O) groups excluding carboxylic acids is 8. The van der Waals surface area contributed by atoms with E-state index in [4.69, 9.17) is 17.2 Å². The van der Waals surface area contributed by atoms with E-state index in [1.807, 2.05) is 0 Å². The van der Waals surface area contributed by atoms with Crippen molar-refractivity contribution in [3.8, 4) is 5.75 Å². The third-order valence-electron chi connectivity index (χ3n) is 12.6. The quantitative estimate of drug-likeness (QED) is 0.0193. The zero-order valence-electron chi connectivity index (χ0n) is 41.7. The molecule has 0 saturated carbocycles. The number of nitrogens with two attached hydrogens (primary N) is 3. The number of carboxylic acid groups (broad SMARTS) is 1. The van der Waals surface area contributed by atoms with Crippen LogP contribution in [0.3, 0.4) is 0 Å². The Morgan fingerprint density at radius 1 is 0.808 bits per heavy atom. The SMILES string of the molecule is CC[C@H](C)[C@H](NC(=O)[C@H](Cc1ccc(O)cc1)N(C)C(=O)[C@@H](NC(=O)[C@H](CCCN=C(N)N)NC(=O)C(N)=O)C(C)C)C(=O)N[C@@H](Cc1cnc[nH]1)C(=O)N1CCC[C@H]1C(=O)N[C@@H](Cc1ccccc1)C(=O)O. The van der Waals surface area contributed by atoms with Gasteiger partial charge in [-0.1, -0.05) is 76.6 Å². The van der Waals surface area contributed by atoms with Gasteiger partial charge >= 0.3 is 17.8 Å². The van der Waals surface area contributed by atoms with Crippen molar-refractivity contribution in [2.45, 2.75) is 121 Å². The predicted molar refractivity (Wildman–Crippen MR) is 266 cm³/mol. The van der Waals surface area contributed by atoms with E-state index in [1.165, 1.54) is 36.6 Å². The van der Waals surface area contributed by atoms with Gasteiger partial charge in [0.05, 0.1) is 6.33 Å². The number of phenols is 1. The number of hydrogen-bond donors (Lipinski definition) is 11. The summed E-state index contributed by atoms with van der Waals surface area (Å²) < 4.78 is 0. The second kappa shape index (κ2) is 27.5. The maximum atomic E-state index is 14.7. The number of nitrogens with one attached hydrogen (secondary N) is 6. The number of aliphatic carboxylic acids is 1. The van der Waals surface area contributed by atoms with Crippen LogP contribution in [0.25, 0.3) is 0 Å². The lowest BCUT2D eigenvalue weighted by molar-refractivity contribution is -0.145. The average Bonchev–Trinajstić information content (AvgIpc) is 4.07. The minimum absolute atomic E-state index is 0.00304. The van der Waals surface area contributed by atoms with E-state index in [9.17, 15) is 53.4 Å². The highest BCUT2D eigenvalue weighted by molar-refractivity contribution is 6.34. The van der Waals surface area contributed by atoms with E-state index in [0.717, 1.165) is 4.90 Å². The van der Waals surface area contributed by atoms with Crippen molar-refractivity contribution in [2.75, 3.05) is 20.1 Å². The number of aromatic hydroxyl groups is 1. The molecule has 2 heterocycles. The molecule has 0 aliphatic carbocycles. The van der Waals surface area contributed by atoms with Gasteiger partial charge in [-0.25, -0.2) is 9.78 Å². The number of likely N-dealkylation sites (tertiary alicyclic amines) is 1. The molecule has 1 aliphatic heterocycles. The van der Waals surface area contributed by atoms with Crippen molar-refractivity contribution in [1.29, 1.82) is 0 Å². The van der Waals surface area contributed by atoms with E-state index in [1.54, 1.807) is 70.2 Å². The molecule has 3 aromatic rings. The number of aliphatic imine (C=N–C) groups is 1. The van der Waals surface area contributed by atoms with Crippen molar-refractivity contribution in [3.05, 3.63) is 83.9 Å². The Morgan fingerprint density at radius 2 is 1.47 bits per heavy atom. The molecule has 2 aromatic carbocycles. The fourth-order valence-electron chi connectivity index (χ4n) is 8.25. The molecule has 8 atom stereocenters. The predicted octanol–water partition coefficient (Wildman–Crippen LogP) is -1.29. The molecule has 8 amide bonds. The fourth-order valence-corrected chi connectivity index (χ4v) is 8.25. The van der Waals surface area contributed by atoms with E-state index in [0.29, 0.717) is 29.7 Å². The summed E-state index contributed by atoms with van der Waals surface area (Å²) >= 11 is 0. The van der Waals surface area contributed by atoms with Gasteiger partial charge in [-0.15, -0.1) is 0 Å². The summed E-state index contributed by atoms with van der Waals surface area (Å²) in [7, 11) is 1.34. The van der Waals surface area contributed by atoms with Gasteiger partial charge in [-0.05, 0) is 60.8 Å². The number of carbonyl (C=O) groups is 9. The van der Waals surface area contributed by atoms with Crippen LogP contribution in [0.1, 0.15) is 76.6 Å². The van der Waals surface area contributed by atoms with Gasteiger partial charge in [-0.3, -0.25) is 43.3 Å².